The van der Waals surface area contributed by atoms with Gasteiger partial charge in [-0.15, -0.1) is 10.2 Å². The number of ether oxygens (including phenoxy) is 4. The van der Waals surface area contributed by atoms with Gasteiger partial charge in [0.05, 0.1) is 14.2 Å². The molecular formula is C23H23N3O6S. The number of rotatable bonds is 8. The van der Waals surface area contributed by atoms with Crippen LogP contribution in [-0.2, 0) is 11.3 Å². The van der Waals surface area contributed by atoms with E-state index < -0.39 is 5.97 Å². The second kappa shape index (κ2) is 9.86. The van der Waals surface area contributed by atoms with Crippen LogP contribution in [0, 0.1) is 0 Å². The number of hydrogen-bond donors (Lipinski definition) is 1. The number of thioether (sulfide) groups is 1. The van der Waals surface area contributed by atoms with Gasteiger partial charge in [-0.05, 0) is 54.6 Å². The van der Waals surface area contributed by atoms with Gasteiger partial charge >= 0.3 is 5.97 Å². The monoisotopic (exact) mass is 469 g/mol. The minimum atomic E-state index is -1.06. The first-order valence-electron chi connectivity index (χ1n) is 10.2. The topological polar surface area (TPSA) is 105 Å². The van der Waals surface area contributed by atoms with Crippen LogP contribution in [0.3, 0.4) is 0 Å². The van der Waals surface area contributed by atoms with E-state index in [1.165, 1.54) is 0 Å². The fraction of sp³-hybridized carbons (Fsp3) is 0.261. The number of fused-ring (bicyclic) bond motifs is 1. The van der Waals surface area contributed by atoms with Crippen molar-refractivity contribution in [2.24, 2.45) is 0 Å². The first kappa shape index (κ1) is 22.5. The number of methoxy groups -OCH3 is 2. The van der Waals surface area contributed by atoms with Crippen LogP contribution in [0.25, 0.3) is 17.5 Å². The summed E-state index contributed by atoms with van der Waals surface area (Å²) in [5.41, 5.74) is 1.43. The van der Waals surface area contributed by atoms with Crippen molar-refractivity contribution in [2.45, 2.75) is 18.6 Å². The Hall–Kier alpha value is -3.66. The normalized spacial score (nSPS) is 13.0. The van der Waals surface area contributed by atoms with Crippen molar-refractivity contribution in [2.75, 3.05) is 27.4 Å². The van der Waals surface area contributed by atoms with Gasteiger partial charge in [0.2, 0.25) is 0 Å². The lowest BCUT2D eigenvalue weighted by Crippen LogP contribution is -2.15. The number of carboxylic acid groups (broad SMARTS) is 1. The zero-order chi connectivity index (χ0) is 23.4. The molecule has 0 saturated heterocycles. The summed E-state index contributed by atoms with van der Waals surface area (Å²) in [7, 11) is 3.15. The lowest BCUT2D eigenvalue weighted by molar-refractivity contribution is -0.131. The molecule has 0 bridgehead atoms. The van der Waals surface area contributed by atoms with E-state index >= 15 is 0 Å². The molecule has 10 heteroatoms. The first-order valence-corrected chi connectivity index (χ1v) is 11.0. The van der Waals surface area contributed by atoms with Crippen LogP contribution in [0.4, 0.5) is 0 Å². The second-order valence-corrected chi connectivity index (χ2v) is 7.98. The quantitative estimate of drug-likeness (QED) is 0.387. The Bertz CT molecular complexity index is 1180. The zero-order valence-electron chi connectivity index (χ0n) is 18.4. The second-order valence-electron chi connectivity index (χ2n) is 6.97. The molecule has 1 aliphatic rings. The number of nitrogens with zero attached hydrogens (tertiary/aromatic N) is 3. The molecule has 0 saturated carbocycles. The van der Waals surface area contributed by atoms with Gasteiger partial charge < -0.3 is 28.6 Å². The maximum atomic E-state index is 12.0. The fourth-order valence-corrected chi connectivity index (χ4v) is 4.22. The summed E-state index contributed by atoms with van der Waals surface area (Å²) in [5.74, 6) is 2.00. The summed E-state index contributed by atoms with van der Waals surface area (Å²) in [6, 6.07) is 10.7. The minimum absolute atomic E-state index is 0.101. The number of carbonyl (C=O) groups is 1. The summed E-state index contributed by atoms with van der Waals surface area (Å²) >= 11 is 1.03. The highest BCUT2D eigenvalue weighted by Crippen LogP contribution is 2.35. The highest BCUT2D eigenvalue weighted by Gasteiger charge is 2.20. The molecule has 2 aromatic carbocycles. The third kappa shape index (κ3) is 4.90. The Kier molecular flexibility index (Phi) is 6.74. The smallest absolute Gasteiger partial charge is 0.342 e. The standard InChI is InChI=1S/C23H23N3O6S/c1-4-26-21(15-11-16(29-2)13-17(12-15)30-3)24-25-23(26)33-20(22(27)28)10-14-5-6-18-19(9-14)32-8-7-31-18/h5-6,9-13H,4,7-8H2,1-3H3,(H,27,28)/b20-10-. The molecule has 4 rings (SSSR count). The summed E-state index contributed by atoms with van der Waals surface area (Å²) in [6.45, 7) is 3.44. The predicted octanol–water partition coefficient (Wildman–Crippen LogP) is 3.97. The predicted molar refractivity (Wildman–Crippen MR) is 123 cm³/mol. The third-order valence-corrected chi connectivity index (χ3v) is 5.92. The molecule has 0 radical (unpaired) electrons. The summed E-state index contributed by atoms with van der Waals surface area (Å²) in [4.78, 5) is 12.1. The molecule has 1 aromatic heterocycles. The molecule has 0 unspecified atom stereocenters. The number of hydrogen-bond acceptors (Lipinski definition) is 8. The highest BCUT2D eigenvalue weighted by atomic mass is 32.2. The van der Waals surface area contributed by atoms with E-state index in [1.54, 1.807) is 44.6 Å². The van der Waals surface area contributed by atoms with Crippen LogP contribution in [0.5, 0.6) is 23.0 Å². The van der Waals surface area contributed by atoms with Crippen LogP contribution in [-0.4, -0.2) is 53.3 Å². The molecule has 2 heterocycles. The van der Waals surface area contributed by atoms with E-state index in [1.807, 2.05) is 23.6 Å². The van der Waals surface area contributed by atoms with Crippen LogP contribution in [0.1, 0.15) is 12.5 Å². The largest absolute Gasteiger partial charge is 0.497 e. The Morgan fingerprint density at radius 2 is 1.79 bits per heavy atom. The number of aromatic nitrogens is 3. The number of benzene rings is 2. The van der Waals surface area contributed by atoms with Gasteiger partial charge in [0, 0.05) is 18.2 Å². The molecule has 9 nitrogen and oxygen atoms in total. The molecule has 0 aliphatic carbocycles. The summed E-state index contributed by atoms with van der Waals surface area (Å²) < 4.78 is 23.7. The minimum Gasteiger partial charge on any atom is -0.497 e. The van der Waals surface area contributed by atoms with E-state index in [0.717, 1.165) is 17.3 Å². The van der Waals surface area contributed by atoms with Crippen LogP contribution in [0.15, 0.2) is 46.5 Å². The van der Waals surface area contributed by atoms with Gasteiger partial charge in [0.25, 0.3) is 0 Å². The lowest BCUT2D eigenvalue weighted by Gasteiger charge is -2.18. The van der Waals surface area contributed by atoms with E-state index in [2.05, 4.69) is 10.2 Å². The molecule has 0 amide bonds. The SMILES string of the molecule is CCn1c(S/C(=C\c2ccc3c(c2)OCCO3)C(=O)O)nnc1-c1cc(OC)cc(OC)c1. The summed E-state index contributed by atoms with van der Waals surface area (Å²) in [5, 5.41) is 18.8. The fourth-order valence-electron chi connectivity index (χ4n) is 3.33. The molecule has 1 N–H and O–H groups in total. The molecular weight excluding hydrogens is 446 g/mol. The molecule has 0 spiro atoms. The van der Waals surface area contributed by atoms with Crippen molar-refractivity contribution >= 4 is 23.8 Å². The van der Waals surface area contributed by atoms with Crippen molar-refractivity contribution in [3.63, 3.8) is 0 Å². The van der Waals surface area contributed by atoms with Gasteiger partial charge in [0.1, 0.15) is 29.6 Å². The Morgan fingerprint density at radius 1 is 1.09 bits per heavy atom. The number of aliphatic carboxylic acids is 1. The van der Waals surface area contributed by atoms with E-state index in [4.69, 9.17) is 18.9 Å². The maximum absolute atomic E-state index is 12.0. The molecule has 3 aromatic rings. The average Bonchev–Trinajstić information content (AvgIpc) is 3.25. The first-order chi connectivity index (χ1) is 16.0. The van der Waals surface area contributed by atoms with Gasteiger partial charge in [0.15, 0.2) is 22.5 Å². The van der Waals surface area contributed by atoms with Gasteiger partial charge in [-0.2, -0.15) is 0 Å². The van der Waals surface area contributed by atoms with Gasteiger partial charge in [-0.1, -0.05) is 6.07 Å². The summed E-state index contributed by atoms with van der Waals surface area (Å²) in [6.07, 6.45) is 1.58. The number of carboxylic acids is 1. The van der Waals surface area contributed by atoms with Crippen molar-refractivity contribution < 1.29 is 28.8 Å². The Morgan fingerprint density at radius 3 is 2.42 bits per heavy atom. The van der Waals surface area contributed by atoms with E-state index in [9.17, 15) is 9.90 Å². The third-order valence-electron chi connectivity index (χ3n) is 4.92. The zero-order valence-corrected chi connectivity index (χ0v) is 19.2. The lowest BCUT2D eigenvalue weighted by atomic mass is 10.2. The molecule has 33 heavy (non-hydrogen) atoms. The molecule has 0 fully saturated rings. The van der Waals surface area contributed by atoms with Gasteiger partial charge in [-0.25, -0.2) is 4.79 Å². The Labute approximate surface area is 194 Å². The van der Waals surface area contributed by atoms with Crippen LogP contribution >= 0.6 is 11.8 Å². The molecule has 0 atom stereocenters. The van der Waals surface area contributed by atoms with Crippen LogP contribution < -0.4 is 18.9 Å². The molecule has 1 aliphatic heterocycles. The average molecular weight is 470 g/mol. The Balaban J connectivity index is 1.67. The van der Waals surface area contributed by atoms with Crippen molar-refractivity contribution in [3.8, 4) is 34.4 Å². The van der Waals surface area contributed by atoms with Crippen molar-refractivity contribution in [1.29, 1.82) is 0 Å². The van der Waals surface area contributed by atoms with Crippen molar-refractivity contribution in [3.05, 3.63) is 46.9 Å². The van der Waals surface area contributed by atoms with E-state index in [0.29, 0.717) is 59.3 Å². The highest BCUT2D eigenvalue weighted by molar-refractivity contribution is 8.04. The van der Waals surface area contributed by atoms with Crippen molar-refractivity contribution in [1.82, 2.24) is 14.8 Å². The van der Waals surface area contributed by atoms with E-state index in [-0.39, 0.29) is 4.91 Å². The van der Waals surface area contributed by atoms with Crippen LogP contribution in [0.2, 0.25) is 0 Å². The molecule has 172 valence electrons. The maximum Gasteiger partial charge on any atom is 0.342 e. The van der Waals surface area contributed by atoms with Gasteiger partial charge in [-0.3, -0.25) is 0 Å².